The number of carbonyl (C=O) groups excluding carboxylic acids is 1. The Morgan fingerprint density at radius 3 is 1.52 bits per heavy atom. The highest BCUT2D eigenvalue weighted by Crippen LogP contribution is 2.13. The highest BCUT2D eigenvalue weighted by molar-refractivity contribution is 5.74. The standard InChI is InChI=1S/C23H48N2O2/c1-4-7-8-9-10-11-12-13-14-15-16-17-18-20-23(26)25(27)22-19-21-24(5-2)6-3/h27H,4-22H2,1-3H3. The van der Waals surface area contributed by atoms with Crippen LogP contribution >= 0.6 is 0 Å². The van der Waals surface area contributed by atoms with Crippen LogP contribution < -0.4 is 0 Å². The molecule has 0 aromatic rings. The van der Waals surface area contributed by atoms with Gasteiger partial charge >= 0.3 is 0 Å². The van der Waals surface area contributed by atoms with Crippen molar-refractivity contribution in [2.24, 2.45) is 0 Å². The first-order chi connectivity index (χ1) is 13.2. The molecule has 0 aromatic heterocycles. The zero-order valence-corrected chi connectivity index (χ0v) is 18.7. The van der Waals surface area contributed by atoms with Crippen LogP contribution in [-0.4, -0.2) is 47.3 Å². The van der Waals surface area contributed by atoms with E-state index in [-0.39, 0.29) is 5.91 Å². The second-order valence-electron chi connectivity index (χ2n) is 7.89. The monoisotopic (exact) mass is 384 g/mol. The van der Waals surface area contributed by atoms with Crippen LogP contribution in [0.3, 0.4) is 0 Å². The Kier molecular flexibility index (Phi) is 19.7. The van der Waals surface area contributed by atoms with E-state index in [9.17, 15) is 10.0 Å². The third-order valence-corrected chi connectivity index (χ3v) is 5.52. The van der Waals surface area contributed by atoms with Gasteiger partial charge < -0.3 is 4.90 Å². The minimum atomic E-state index is -0.113. The summed E-state index contributed by atoms with van der Waals surface area (Å²) in [4.78, 5) is 14.2. The van der Waals surface area contributed by atoms with Crippen LogP contribution in [-0.2, 0) is 4.79 Å². The predicted molar refractivity (Wildman–Crippen MR) is 116 cm³/mol. The van der Waals surface area contributed by atoms with Gasteiger partial charge in [-0.3, -0.25) is 10.0 Å². The van der Waals surface area contributed by atoms with Crippen molar-refractivity contribution in [1.82, 2.24) is 9.96 Å². The lowest BCUT2D eigenvalue weighted by Crippen LogP contribution is -2.31. The molecule has 0 fully saturated rings. The minimum Gasteiger partial charge on any atom is -0.304 e. The lowest BCUT2D eigenvalue weighted by molar-refractivity contribution is -0.165. The van der Waals surface area contributed by atoms with E-state index >= 15 is 0 Å². The van der Waals surface area contributed by atoms with Crippen LogP contribution in [0.15, 0.2) is 0 Å². The SMILES string of the molecule is CCCCCCCCCCCCCCCC(=O)N(O)CCCN(CC)CC. The van der Waals surface area contributed by atoms with E-state index in [1.54, 1.807) is 0 Å². The van der Waals surface area contributed by atoms with E-state index in [1.807, 2.05) is 0 Å². The molecule has 0 saturated carbocycles. The molecular weight excluding hydrogens is 336 g/mol. The summed E-state index contributed by atoms with van der Waals surface area (Å²) >= 11 is 0. The summed E-state index contributed by atoms with van der Waals surface area (Å²) in [5.41, 5.74) is 0. The number of nitrogens with zero attached hydrogens (tertiary/aromatic N) is 2. The van der Waals surface area contributed by atoms with Gasteiger partial charge in [-0.25, -0.2) is 5.06 Å². The topological polar surface area (TPSA) is 43.8 Å². The summed E-state index contributed by atoms with van der Waals surface area (Å²) in [6, 6.07) is 0. The van der Waals surface area contributed by atoms with Crippen molar-refractivity contribution < 1.29 is 10.0 Å². The third-order valence-electron chi connectivity index (χ3n) is 5.52. The second-order valence-corrected chi connectivity index (χ2v) is 7.89. The van der Waals surface area contributed by atoms with Gasteiger partial charge in [0.1, 0.15) is 0 Å². The van der Waals surface area contributed by atoms with Crippen molar-refractivity contribution in [1.29, 1.82) is 0 Å². The quantitative estimate of drug-likeness (QED) is 0.150. The molecule has 0 aliphatic rings. The van der Waals surface area contributed by atoms with Gasteiger partial charge in [0.05, 0.1) is 0 Å². The molecule has 4 heteroatoms. The molecule has 0 bridgehead atoms. The number of carbonyl (C=O) groups is 1. The van der Waals surface area contributed by atoms with Gasteiger partial charge in [-0.05, 0) is 32.5 Å². The van der Waals surface area contributed by atoms with E-state index in [0.717, 1.165) is 44.0 Å². The second kappa shape index (κ2) is 20.1. The average Bonchev–Trinajstić information content (AvgIpc) is 2.68. The van der Waals surface area contributed by atoms with E-state index in [2.05, 4.69) is 25.7 Å². The molecule has 0 atom stereocenters. The number of hydrogen-bond donors (Lipinski definition) is 1. The number of rotatable bonds is 20. The summed E-state index contributed by atoms with van der Waals surface area (Å²) in [6.07, 6.45) is 18.3. The number of unbranched alkanes of at least 4 members (excludes halogenated alkanes) is 12. The Morgan fingerprint density at radius 2 is 1.07 bits per heavy atom. The summed E-state index contributed by atoms with van der Waals surface area (Å²) in [5.74, 6) is -0.113. The molecule has 0 aliphatic carbocycles. The molecule has 0 aliphatic heterocycles. The molecule has 4 nitrogen and oxygen atoms in total. The van der Waals surface area contributed by atoms with Gasteiger partial charge in [0.15, 0.2) is 0 Å². The lowest BCUT2D eigenvalue weighted by atomic mass is 10.0. The van der Waals surface area contributed by atoms with E-state index in [4.69, 9.17) is 0 Å². The van der Waals surface area contributed by atoms with Crippen LogP contribution in [0.2, 0.25) is 0 Å². The van der Waals surface area contributed by atoms with Crippen molar-refractivity contribution in [3.8, 4) is 0 Å². The molecule has 27 heavy (non-hydrogen) atoms. The summed E-state index contributed by atoms with van der Waals surface area (Å²) in [5, 5.41) is 10.8. The maximum Gasteiger partial charge on any atom is 0.245 e. The maximum atomic E-state index is 11.9. The van der Waals surface area contributed by atoms with Gasteiger partial charge in [0, 0.05) is 13.0 Å². The molecule has 162 valence electrons. The van der Waals surface area contributed by atoms with Gasteiger partial charge in [0.2, 0.25) is 5.91 Å². The van der Waals surface area contributed by atoms with Crippen molar-refractivity contribution in [3.63, 3.8) is 0 Å². The van der Waals surface area contributed by atoms with E-state index in [1.165, 1.54) is 70.6 Å². The smallest absolute Gasteiger partial charge is 0.245 e. The van der Waals surface area contributed by atoms with Crippen LogP contribution in [0.25, 0.3) is 0 Å². The van der Waals surface area contributed by atoms with Crippen molar-refractivity contribution >= 4 is 5.91 Å². The fourth-order valence-electron chi connectivity index (χ4n) is 3.53. The first kappa shape index (κ1) is 26.4. The van der Waals surface area contributed by atoms with Crippen LogP contribution in [0.5, 0.6) is 0 Å². The molecule has 0 unspecified atom stereocenters. The van der Waals surface area contributed by atoms with Gasteiger partial charge in [0.25, 0.3) is 0 Å². The number of hydrogen-bond acceptors (Lipinski definition) is 3. The Morgan fingerprint density at radius 1 is 0.630 bits per heavy atom. The Labute approximate surface area is 169 Å². The Bertz CT molecular complexity index is 320. The Hall–Kier alpha value is -0.610. The highest BCUT2D eigenvalue weighted by Gasteiger charge is 2.10. The fourth-order valence-corrected chi connectivity index (χ4v) is 3.53. The maximum absolute atomic E-state index is 11.9. The van der Waals surface area contributed by atoms with Crippen LogP contribution in [0.4, 0.5) is 0 Å². The van der Waals surface area contributed by atoms with Crippen molar-refractivity contribution in [3.05, 3.63) is 0 Å². The molecule has 0 radical (unpaired) electrons. The Balaban J connectivity index is 3.37. The van der Waals surface area contributed by atoms with Gasteiger partial charge in [-0.2, -0.15) is 0 Å². The summed E-state index contributed by atoms with van der Waals surface area (Å²) < 4.78 is 0. The third kappa shape index (κ3) is 17.2. The molecule has 0 rings (SSSR count). The molecule has 1 amide bonds. The van der Waals surface area contributed by atoms with Crippen LogP contribution in [0, 0.1) is 0 Å². The van der Waals surface area contributed by atoms with Gasteiger partial charge in [-0.1, -0.05) is 97.8 Å². The predicted octanol–water partition coefficient (Wildman–Crippen LogP) is 6.42. The fraction of sp³-hybridized carbons (Fsp3) is 0.957. The van der Waals surface area contributed by atoms with Crippen molar-refractivity contribution in [2.45, 2.75) is 117 Å². The van der Waals surface area contributed by atoms with E-state index < -0.39 is 0 Å². The first-order valence-electron chi connectivity index (χ1n) is 11.9. The summed E-state index contributed by atoms with van der Waals surface area (Å²) in [7, 11) is 0. The van der Waals surface area contributed by atoms with Crippen LogP contribution in [0.1, 0.15) is 117 Å². The number of amides is 1. The molecule has 0 saturated heterocycles. The highest BCUT2D eigenvalue weighted by atomic mass is 16.5. The number of hydroxylamine groups is 2. The van der Waals surface area contributed by atoms with E-state index in [0.29, 0.717) is 13.0 Å². The normalized spacial score (nSPS) is 11.3. The summed E-state index contributed by atoms with van der Waals surface area (Å²) in [6.45, 7) is 9.98. The zero-order chi connectivity index (χ0) is 20.2. The molecule has 1 N–H and O–H groups in total. The molecule has 0 spiro atoms. The zero-order valence-electron chi connectivity index (χ0n) is 18.7. The molecule has 0 heterocycles. The van der Waals surface area contributed by atoms with Gasteiger partial charge in [-0.15, -0.1) is 0 Å². The average molecular weight is 385 g/mol. The first-order valence-corrected chi connectivity index (χ1v) is 11.9. The lowest BCUT2D eigenvalue weighted by Gasteiger charge is -2.20. The minimum absolute atomic E-state index is 0.113. The molecule has 0 aromatic carbocycles. The van der Waals surface area contributed by atoms with Crippen molar-refractivity contribution in [2.75, 3.05) is 26.2 Å². The molecular formula is C23H48N2O2. The largest absolute Gasteiger partial charge is 0.304 e.